The third-order valence-electron chi connectivity index (χ3n) is 3.14. The van der Waals surface area contributed by atoms with Crippen LogP contribution >= 0.6 is 15.9 Å². The Hall–Kier alpha value is -1.80. The van der Waals surface area contributed by atoms with Crippen LogP contribution in [0, 0.1) is 0 Å². The van der Waals surface area contributed by atoms with Crippen LogP contribution in [-0.4, -0.2) is 41.0 Å². The smallest absolute Gasteiger partial charge is 0.288 e. The van der Waals surface area contributed by atoms with E-state index >= 15 is 0 Å². The van der Waals surface area contributed by atoms with Crippen LogP contribution in [0.4, 0.5) is 0 Å². The van der Waals surface area contributed by atoms with Gasteiger partial charge in [-0.3, -0.25) is 9.48 Å². The van der Waals surface area contributed by atoms with E-state index < -0.39 is 0 Å². The van der Waals surface area contributed by atoms with Crippen LogP contribution in [0.2, 0.25) is 0 Å². The molecule has 1 aliphatic heterocycles. The number of nitrogens with one attached hydrogen (secondary N) is 1. The molecule has 2 aromatic rings. The Morgan fingerprint density at radius 3 is 3.10 bits per heavy atom. The Balaban J connectivity index is 1.64. The minimum atomic E-state index is -0.304. The molecular weight excluding hydrogens is 342 g/mol. The lowest BCUT2D eigenvalue weighted by Gasteiger charge is -2.19. The molecule has 1 fully saturated rings. The van der Waals surface area contributed by atoms with E-state index in [2.05, 4.69) is 26.3 Å². The molecule has 0 unspecified atom stereocenters. The molecule has 1 aliphatic rings. The van der Waals surface area contributed by atoms with Crippen molar-refractivity contribution in [2.45, 2.75) is 12.1 Å². The van der Waals surface area contributed by atoms with Crippen LogP contribution < -0.4 is 10.1 Å². The number of carbonyl (C=O) groups is 1. The molecule has 0 radical (unpaired) electrons. The first-order valence-corrected chi connectivity index (χ1v) is 7.19. The summed E-state index contributed by atoms with van der Waals surface area (Å²) in [6, 6.07) is 1.43. The van der Waals surface area contributed by atoms with E-state index in [1.807, 2.05) is 7.05 Å². The van der Waals surface area contributed by atoms with Crippen molar-refractivity contribution in [2.24, 2.45) is 7.05 Å². The third kappa shape index (κ3) is 3.11. The third-order valence-corrected chi connectivity index (χ3v) is 3.76. The van der Waals surface area contributed by atoms with E-state index in [1.165, 1.54) is 6.26 Å². The number of amides is 1. The Bertz CT molecular complexity index is 639. The number of hydrogen-bond donors (Lipinski definition) is 1. The maximum atomic E-state index is 12.1. The van der Waals surface area contributed by atoms with Crippen molar-refractivity contribution in [3.63, 3.8) is 0 Å². The molecule has 2 aromatic heterocycles. The number of rotatable bonds is 4. The number of carbonyl (C=O) groups excluding carboxylic acids is 1. The fourth-order valence-electron chi connectivity index (χ4n) is 2.11. The summed E-state index contributed by atoms with van der Waals surface area (Å²) in [5.41, 5.74) is 0. The number of aryl methyl sites for hydroxylation is 1. The van der Waals surface area contributed by atoms with Gasteiger partial charge in [0.1, 0.15) is 6.10 Å². The second kappa shape index (κ2) is 5.90. The Morgan fingerprint density at radius 1 is 1.57 bits per heavy atom. The Kier molecular flexibility index (Phi) is 3.98. The highest BCUT2D eigenvalue weighted by molar-refractivity contribution is 9.10. The molecule has 0 aliphatic carbocycles. The molecule has 3 heterocycles. The highest BCUT2D eigenvalue weighted by Crippen LogP contribution is 2.19. The lowest BCUT2D eigenvalue weighted by molar-refractivity contribution is 0.0875. The average molecular weight is 356 g/mol. The highest BCUT2D eigenvalue weighted by Gasteiger charge is 2.32. The quantitative estimate of drug-likeness (QED) is 0.895. The summed E-state index contributed by atoms with van der Waals surface area (Å²) in [7, 11) is 1.81. The second-order valence-corrected chi connectivity index (χ2v) is 5.58. The van der Waals surface area contributed by atoms with Gasteiger partial charge in [0.2, 0.25) is 5.76 Å². The van der Waals surface area contributed by atoms with Gasteiger partial charge in [0.05, 0.1) is 42.4 Å². The summed E-state index contributed by atoms with van der Waals surface area (Å²) >= 11 is 3.26. The summed E-state index contributed by atoms with van der Waals surface area (Å²) < 4.78 is 18.6. The van der Waals surface area contributed by atoms with E-state index in [4.69, 9.17) is 13.9 Å². The number of ether oxygens (including phenoxy) is 2. The maximum absolute atomic E-state index is 12.1. The molecular formula is C13H14BrN3O4. The van der Waals surface area contributed by atoms with Crippen molar-refractivity contribution in [1.29, 1.82) is 0 Å². The van der Waals surface area contributed by atoms with Crippen LogP contribution in [0.25, 0.3) is 0 Å². The molecule has 7 nitrogen and oxygen atoms in total. The second-order valence-electron chi connectivity index (χ2n) is 4.72. The van der Waals surface area contributed by atoms with Crippen LogP contribution in [-0.2, 0) is 11.8 Å². The van der Waals surface area contributed by atoms with Crippen molar-refractivity contribution in [2.75, 3.05) is 13.2 Å². The van der Waals surface area contributed by atoms with Gasteiger partial charge in [0.25, 0.3) is 5.91 Å². The maximum Gasteiger partial charge on any atom is 0.288 e. The van der Waals surface area contributed by atoms with E-state index in [0.29, 0.717) is 23.4 Å². The fourth-order valence-corrected chi connectivity index (χ4v) is 2.49. The molecule has 0 bridgehead atoms. The molecule has 1 saturated heterocycles. The zero-order valence-electron chi connectivity index (χ0n) is 11.3. The monoisotopic (exact) mass is 355 g/mol. The van der Waals surface area contributed by atoms with Crippen LogP contribution in [0.3, 0.4) is 0 Å². The van der Waals surface area contributed by atoms with E-state index in [0.717, 1.165) is 0 Å². The Labute approximate surface area is 129 Å². The van der Waals surface area contributed by atoms with Gasteiger partial charge < -0.3 is 19.2 Å². The summed E-state index contributed by atoms with van der Waals surface area (Å²) in [6.07, 6.45) is 4.58. The van der Waals surface area contributed by atoms with Gasteiger partial charge in [-0.1, -0.05) is 0 Å². The summed E-state index contributed by atoms with van der Waals surface area (Å²) in [4.78, 5) is 12.1. The summed E-state index contributed by atoms with van der Waals surface area (Å²) in [5, 5.41) is 6.90. The summed E-state index contributed by atoms with van der Waals surface area (Å²) in [5.74, 6) is 0.579. The van der Waals surface area contributed by atoms with Gasteiger partial charge in [-0.25, -0.2) is 0 Å². The SMILES string of the molecule is Cn1cc(O[C@@H]2COC[C@@H]2NC(=O)c2occc2Br)cn1. The van der Waals surface area contributed by atoms with Crippen molar-refractivity contribution >= 4 is 21.8 Å². The van der Waals surface area contributed by atoms with Gasteiger partial charge in [-0.05, 0) is 22.0 Å². The van der Waals surface area contributed by atoms with E-state index in [1.54, 1.807) is 23.1 Å². The van der Waals surface area contributed by atoms with Gasteiger partial charge >= 0.3 is 0 Å². The van der Waals surface area contributed by atoms with Crippen molar-refractivity contribution in [1.82, 2.24) is 15.1 Å². The van der Waals surface area contributed by atoms with Gasteiger partial charge in [0, 0.05) is 7.05 Å². The van der Waals surface area contributed by atoms with Crippen LogP contribution in [0.5, 0.6) is 5.75 Å². The lowest BCUT2D eigenvalue weighted by Crippen LogP contribution is -2.45. The van der Waals surface area contributed by atoms with Crippen molar-refractivity contribution < 1.29 is 18.7 Å². The van der Waals surface area contributed by atoms with Crippen LogP contribution in [0.1, 0.15) is 10.6 Å². The average Bonchev–Trinajstić information content (AvgIpc) is 3.14. The van der Waals surface area contributed by atoms with Crippen molar-refractivity contribution in [3.8, 4) is 5.75 Å². The molecule has 3 rings (SSSR count). The summed E-state index contributed by atoms with van der Waals surface area (Å²) in [6.45, 7) is 0.814. The molecule has 2 atom stereocenters. The lowest BCUT2D eigenvalue weighted by atomic mass is 10.2. The van der Waals surface area contributed by atoms with Gasteiger partial charge in [-0.2, -0.15) is 5.10 Å². The first kappa shape index (κ1) is 14.2. The molecule has 0 aromatic carbocycles. The topological polar surface area (TPSA) is 78.5 Å². The van der Waals surface area contributed by atoms with Crippen molar-refractivity contribution in [3.05, 3.63) is 35.0 Å². The zero-order chi connectivity index (χ0) is 14.8. The van der Waals surface area contributed by atoms with E-state index in [9.17, 15) is 4.79 Å². The zero-order valence-corrected chi connectivity index (χ0v) is 12.9. The minimum Gasteiger partial charge on any atom is -0.482 e. The first-order chi connectivity index (χ1) is 10.1. The van der Waals surface area contributed by atoms with E-state index in [-0.39, 0.29) is 23.8 Å². The molecule has 112 valence electrons. The normalized spacial score (nSPS) is 21.4. The molecule has 21 heavy (non-hydrogen) atoms. The number of halogens is 1. The molecule has 0 saturated carbocycles. The van der Waals surface area contributed by atoms with Gasteiger partial charge in [-0.15, -0.1) is 0 Å². The minimum absolute atomic E-state index is 0.238. The highest BCUT2D eigenvalue weighted by atomic mass is 79.9. The standard InChI is InChI=1S/C13H14BrN3O4/c1-17-5-8(4-15-17)21-11-7-19-6-10(11)16-13(18)12-9(14)2-3-20-12/h2-5,10-11H,6-7H2,1H3,(H,16,18)/t10-,11+/m0/s1. The number of nitrogens with zero attached hydrogens (tertiary/aromatic N) is 2. The van der Waals surface area contributed by atoms with Gasteiger partial charge in [0.15, 0.2) is 5.75 Å². The predicted molar refractivity (Wildman–Crippen MR) is 76.1 cm³/mol. The molecule has 1 N–H and O–H groups in total. The fraction of sp³-hybridized carbons (Fsp3) is 0.385. The number of hydrogen-bond acceptors (Lipinski definition) is 5. The predicted octanol–water partition coefficient (Wildman–Crippen LogP) is 1.35. The first-order valence-electron chi connectivity index (χ1n) is 6.40. The van der Waals surface area contributed by atoms with Crippen LogP contribution in [0.15, 0.2) is 33.6 Å². The molecule has 8 heteroatoms. The number of aromatic nitrogens is 2. The largest absolute Gasteiger partial charge is 0.482 e. The molecule has 0 spiro atoms. The Morgan fingerprint density at radius 2 is 2.43 bits per heavy atom. The number of furan rings is 1. The molecule has 1 amide bonds.